The van der Waals surface area contributed by atoms with Gasteiger partial charge in [0.2, 0.25) is 0 Å². The van der Waals surface area contributed by atoms with E-state index in [4.69, 9.17) is 5.73 Å². The number of carbonyl (C=O) groups is 1. The van der Waals surface area contributed by atoms with Crippen LogP contribution < -0.4 is 11.1 Å². The lowest BCUT2D eigenvalue weighted by Crippen LogP contribution is -2.30. The summed E-state index contributed by atoms with van der Waals surface area (Å²) in [6, 6.07) is 5.79. The van der Waals surface area contributed by atoms with Gasteiger partial charge in [-0.05, 0) is 12.5 Å². The molecule has 0 aliphatic heterocycles. The van der Waals surface area contributed by atoms with E-state index in [1.54, 1.807) is 6.07 Å². The van der Waals surface area contributed by atoms with Crippen LogP contribution in [0.25, 0.3) is 0 Å². The van der Waals surface area contributed by atoms with Crippen molar-refractivity contribution in [3.63, 3.8) is 0 Å². The van der Waals surface area contributed by atoms with Crippen molar-refractivity contribution in [3.8, 4) is 0 Å². The number of rotatable bonds is 3. The molecule has 0 saturated heterocycles. The Balaban J connectivity index is 2.19. The summed E-state index contributed by atoms with van der Waals surface area (Å²) in [5.41, 5.74) is 5.43. The van der Waals surface area contributed by atoms with Gasteiger partial charge in [-0.25, -0.2) is 0 Å². The highest BCUT2D eigenvalue weighted by Gasteiger charge is 2.35. The predicted octanol–water partition coefficient (Wildman–Crippen LogP) is 0.424. The van der Waals surface area contributed by atoms with Gasteiger partial charge < -0.3 is 11.1 Å². The number of nitrogens with zero attached hydrogens (tertiary/aromatic N) is 1. The van der Waals surface area contributed by atoms with Crippen LogP contribution in [-0.4, -0.2) is 22.9 Å². The average molecular weight is 221 g/mol. The van der Waals surface area contributed by atoms with E-state index in [1.165, 1.54) is 18.2 Å². The second kappa shape index (κ2) is 3.90. The molecule has 0 heterocycles. The smallest absolute Gasteiger partial charge is 0.282 e. The second-order valence-electron chi connectivity index (χ2n) is 3.75. The van der Waals surface area contributed by atoms with E-state index in [-0.39, 0.29) is 23.3 Å². The summed E-state index contributed by atoms with van der Waals surface area (Å²) in [7, 11) is 0. The van der Waals surface area contributed by atoms with E-state index in [1.807, 2.05) is 0 Å². The van der Waals surface area contributed by atoms with Gasteiger partial charge >= 0.3 is 0 Å². The molecule has 2 rings (SSSR count). The highest BCUT2D eigenvalue weighted by atomic mass is 16.6. The van der Waals surface area contributed by atoms with Gasteiger partial charge in [-0.3, -0.25) is 14.9 Å². The Morgan fingerprint density at radius 2 is 2.12 bits per heavy atom. The molecular weight excluding hydrogens is 210 g/mol. The number of amides is 1. The van der Waals surface area contributed by atoms with Crippen LogP contribution in [0.2, 0.25) is 0 Å². The Kier molecular flexibility index (Phi) is 2.57. The minimum Gasteiger partial charge on any atom is -0.347 e. The van der Waals surface area contributed by atoms with Gasteiger partial charge in [0.1, 0.15) is 5.56 Å². The Hall–Kier alpha value is -1.95. The molecule has 3 N–H and O–H groups in total. The molecule has 1 aromatic rings. The van der Waals surface area contributed by atoms with Gasteiger partial charge in [0, 0.05) is 18.2 Å². The number of carbonyl (C=O) groups excluding carboxylic acids is 1. The van der Waals surface area contributed by atoms with E-state index < -0.39 is 10.8 Å². The maximum absolute atomic E-state index is 11.7. The molecule has 1 saturated carbocycles. The third-order valence-corrected chi connectivity index (χ3v) is 2.50. The van der Waals surface area contributed by atoms with Crippen LogP contribution in [0.5, 0.6) is 0 Å². The van der Waals surface area contributed by atoms with Gasteiger partial charge in [-0.1, -0.05) is 12.1 Å². The number of nitro groups is 1. The van der Waals surface area contributed by atoms with Crippen LogP contribution in [-0.2, 0) is 0 Å². The number of nitro benzene ring substituents is 1. The predicted molar refractivity (Wildman–Crippen MR) is 56.9 cm³/mol. The maximum atomic E-state index is 11.7. The summed E-state index contributed by atoms with van der Waals surface area (Å²) in [5, 5.41) is 13.3. The number of hydrogen-bond acceptors (Lipinski definition) is 4. The zero-order valence-corrected chi connectivity index (χ0v) is 8.42. The van der Waals surface area contributed by atoms with Crippen LogP contribution >= 0.6 is 0 Å². The Morgan fingerprint density at radius 3 is 2.69 bits per heavy atom. The molecule has 0 aromatic heterocycles. The number of hydrogen-bond donors (Lipinski definition) is 2. The largest absolute Gasteiger partial charge is 0.347 e. The molecule has 2 atom stereocenters. The lowest BCUT2D eigenvalue weighted by atomic mass is 10.1. The topological polar surface area (TPSA) is 98.3 Å². The number of nitrogens with two attached hydrogens (primary N) is 1. The van der Waals surface area contributed by atoms with Crippen molar-refractivity contribution in [1.82, 2.24) is 5.32 Å². The van der Waals surface area contributed by atoms with Crippen molar-refractivity contribution in [2.24, 2.45) is 5.73 Å². The molecule has 0 spiro atoms. The number of nitrogens with one attached hydrogen (secondary N) is 1. The van der Waals surface area contributed by atoms with E-state index >= 15 is 0 Å². The lowest BCUT2D eigenvalue weighted by Gasteiger charge is -2.03. The molecule has 1 aliphatic rings. The van der Waals surface area contributed by atoms with Gasteiger partial charge in [0.25, 0.3) is 11.6 Å². The normalized spacial score (nSPS) is 22.6. The van der Waals surface area contributed by atoms with Crippen molar-refractivity contribution in [2.45, 2.75) is 18.5 Å². The third-order valence-electron chi connectivity index (χ3n) is 2.50. The number of benzene rings is 1. The van der Waals surface area contributed by atoms with Crippen molar-refractivity contribution in [2.75, 3.05) is 0 Å². The Morgan fingerprint density at radius 1 is 1.50 bits per heavy atom. The van der Waals surface area contributed by atoms with Gasteiger partial charge in [0.15, 0.2) is 0 Å². The SMILES string of the molecule is NC1CC1NC(=O)c1ccccc1[N+](=O)[O-]. The molecule has 1 amide bonds. The van der Waals surface area contributed by atoms with Crippen molar-refractivity contribution >= 4 is 11.6 Å². The molecule has 6 heteroatoms. The van der Waals surface area contributed by atoms with Crippen LogP contribution in [0.15, 0.2) is 24.3 Å². The van der Waals surface area contributed by atoms with Crippen LogP contribution in [0.4, 0.5) is 5.69 Å². The summed E-state index contributed by atoms with van der Waals surface area (Å²) < 4.78 is 0. The fourth-order valence-corrected chi connectivity index (χ4v) is 1.45. The van der Waals surface area contributed by atoms with Crippen molar-refractivity contribution in [3.05, 3.63) is 39.9 Å². The van der Waals surface area contributed by atoms with E-state index in [9.17, 15) is 14.9 Å². The summed E-state index contributed by atoms with van der Waals surface area (Å²) in [6.07, 6.45) is 0.729. The summed E-state index contributed by atoms with van der Waals surface area (Å²) in [4.78, 5) is 21.8. The Bertz CT molecular complexity index is 447. The first kappa shape index (κ1) is 10.6. The van der Waals surface area contributed by atoms with Gasteiger partial charge in [0.05, 0.1) is 4.92 Å². The first-order chi connectivity index (χ1) is 7.59. The second-order valence-corrected chi connectivity index (χ2v) is 3.75. The highest BCUT2D eigenvalue weighted by Crippen LogP contribution is 2.21. The molecule has 1 aliphatic carbocycles. The molecule has 1 fully saturated rings. The molecule has 2 unspecified atom stereocenters. The maximum Gasteiger partial charge on any atom is 0.282 e. The molecule has 84 valence electrons. The molecule has 0 radical (unpaired) electrons. The molecular formula is C10H11N3O3. The Labute approximate surface area is 91.6 Å². The summed E-state index contributed by atoms with van der Waals surface area (Å²) in [6.45, 7) is 0. The lowest BCUT2D eigenvalue weighted by molar-refractivity contribution is -0.385. The van der Waals surface area contributed by atoms with Gasteiger partial charge in [-0.15, -0.1) is 0 Å². The summed E-state index contributed by atoms with van der Waals surface area (Å²) >= 11 is 0. The van der Waals surface area contributed by atoms with E-state index in [0.717, 1.165) is 6.42 Å². The first-order valence-corrected chi connectivity index (χ1v) is 4.89. The van der Waals surface area contributed by atoms with Crippen molar-refractivity contribution in [1.29, 1.82) is 0 Å². The fraction of sp³-hybridized carbons (Fsp3) is 0.300. The first-order valence-electron chi connectivity index (χ1n) is 4.89. The van der Waals surface area contributed by atoms with E-state index in [0.29, 0.717) is 0 Å². The monoisotopic (exact) mass is 221 g/mol. The minimum atomic E-state index is -0.568. The fourth-order valence-electron chi connectivity index (χ4n) is 1.45. The number of para-hydroxylation sites is 1. The molecule has 6 nitrogen and oxygen atoms in total. The quantitative estimate of drug-likeness (QED) is 0.571. The van der Waals surface area contributed by atoms with Crippen molar-refractivity contribution < 1.29 is 9.72 Å². The van der Waals surface area contributed by atoms with Crippen LogP contribution in [0.3, 0.4) is 0 Å². The zero-order chi connectivity index (χ0) is 11.7. The average Bonchev–Trinajstić information content (AvgIpc) is 2.94. The third kappa shape index (κ3) is 2.01. The minimum absolute atomic E-state index is 0.0216. The zero-order valence-electron chi connectivity index (χ0n) is 8.42. The molecule has 16 heavy (non-hydrogen) atoms. The van der Waals surface area contributed by atoms with Gasteiger partial charge in [-0.2, -0.15) is 0 Å². The van der Waals surface area contributed by atoms with Crippen LogP contribution in [0.1, 0.15) is 16.8 Å². The van der Waals surface area contributed by atoms with Crippen LogP contribution in [0, 0.1) is 10.1 Å². The van der Waals surface area contributed by atoms with E-state index in [2.05, 4.69) is 5.32 Å². The standard InChI is InChI=1S/C10H11N3O3/c11-7-5-8(7)12-10(14)6-3-1-2-4-9(6)13(15)16/h1-4,7-8H,5,11H2,(H,12,14). The summed E-state index contributed by atoms with van der Waals surface area (Å²) in [5.74, 6) is -0.440. The highest BCUT2D eigenvalue weighted by molar-refractivity contribution is 5.98. The molecule has 0 bridgehead atoms. The molecule has 1 aromatic carbocycles.